The Hall–Kier alpha value is -3.51. The second kappa shape index (κ2) is 7.48. The molecule has 0 aliphatic carbocycles. The number of hydrogen-bond donors (Lipinski definition) is 1. The van der Waals surface area contributed by atoms with Crippen LogP contribution >= 0.6 is 11.6 Å². The van der Waals surface area contributed by atoms with Crippen molar-refractivity contribution in [3.63, 3.8) is 0 Å². The Bertz CT molecular complexity index is 1280. The molecule has 0 aliphatic rings. The average Bonchev–Trinajstić information content (AvgIpc) is 3.41. The maximum absolute atomic E-state index is 6.10. The first-order valence-electron chi connectivity index (χ1n) is 9.30. The van der Waals surface area contributed by atoms with Crippen molar-refractivity contribution in [1.29, 1.82) is 0 Å². The third kappa shape index (κ3) is 3.50. The Morgan fingerprint density at radius 1 is 0.966 bits per heavy atom. The first kappa shape index (κ1) is 17.6. The standard InChI is InChI=1S/C22H17ClN6/c23-22-21(26-28-27-22)17-8-10-24-19(12-17)20-13-29(14-25-20)11-9-16-6-3-5-15-4-1-2-7-18(15)16/h1-8,10,12-14H,9,11H2,(H,26,27,28). The van der Waals surface area contributed by atoms with Gasteiger partial charge in [-0.1, -0.05) is 59.3 Å². The normalized spacial score (nSPS) is 11.2. The summed E-state index contributed by atoms with van der Waals surface area (Å²) in [5.74, 6) is 0. The summed E-state index contributed by atoms with van der Waals surface area (Å²) >= 11 is 6.10. The number of H-pyrrole nitrogens is 1. The molecule has 0 aliphatic heterocycles. The Labute approximate surface area is 172 Å². The van der Waals surface area contributed by atoms with E-state index in [1.165, 1.54) is 16.3 Å². The smallest absolute Gasteiger partial charge is 0.152 e. The van der Waals surface area contributed by atoms with Crippen molar-refractivity contribution in [2.75, 3.05) is 0 Å². The van der Waals surface area contributed by atoms with E-state index in [1.807, 2.05) is 24.7 Å². The van der Waals surface area contributed by atoms with Gasteiger partial charge in [-0.05, 0) is 34.9 Å². The number of aryl methyl sites for hydroxylation is 2. The van der Waals surface area contributed by atoms with Gasteiger partial charge in [0.2, 0.25) is 0 Å². The van der Waals surface area contributed by atoms with Crippen LogP contribution in [0.1, 0.15) is 5.56 Å². The van der Waals surface area contributed by atoms with E-state index >= 15 is 0 Å². The van der Waals surface area contributed by atoms with Crippen LogP contribution in [0.15, 0.2) is 73.3 Å². The molecule has 142 valence electrons. The Balaban J connectivity index is 1.37. The number of aromatic amines is 1. The summed E-state index contributed by atoms with van der Waals surface area (Å²) in [5, 5.41) is 13.4. The predicted molar refractivity (Wildman–Crippen MR) is 113 cm³/mol. The van der Waals surface area contributed by atoms with Crippen molar-refractivity contribution in [2.45, 2.75) is 13.0 Å². The SMILES string of the molecule is Clc1[nH]nnc1-c1ccnc(-c2cn(CCc3cccc4ccccc34)cn2)c1. The number of pyridine rings is 1. The molecule has 0 spiro atoms. The number of nitrogens with one attached hydrogen (secondary N) is 1. The maximum Gasteiger partial charge on any atom is 0.152 e. The van der Waals surface area contributed by atoms with E-state index in [0.717, 1.165) is 29.9 Å². The third-order valence-electron chi connectivity index (χ3n) is 4.95. The number of rotatable bonds is 5. The highest BCUT2D eigenvalue weighted by Gasteiger charge is 2.11. The van der Waals surface area contributed by atoms with E-state index in [9.17, 15) is 0 Å². The minimum Gasteiger partial charge on any atom is -0.336 e. The summed E-state index contributed by atoms with van der Waals surface area (Å²) in [6, 6.07) is 18.7. The molecule has 3 heterocycles. The van der Waals surface area contributed by atoms with Gasteiger partial charge in [0.15, 0.2) is 5.15 Å². The van der Waals surface area contributed by atoms with Gasteiger partial charge in [0.1, 0.15) is 11.4 Å². The van der Waals surface area contributed by atoms with E-state index in [-0.39, 0.29) is 0 Å². The first-order chi connectivity index (χ1) is 14.3. The topological polar surface area (TPSA) is 72.3 Å². The monoisotopic (exact) mass is 400 g/mol. The molecule has 0 amide bonds. The molecule has 0 unspecified atom stereocenters. The van der Waals surface area contributed by atoms with Gasteiger partial charge in [0, 0.05) is 24.5 Å². The summed E-state index contributed by atoms with van der Waals surface area (Å²) < 4.78 is 2.09. The molecule has 6 nitrogen and oxygen atoms in total. The molecule has 0 fully saturated rings. The van der Waals surface area contributed by atoms with Gasteiger partial charge in [0.25, 0.3) is 0 Å². The largest absolute Gasteiger partial charge is 0.336 e. The van der Waals surface area contributed by atoms with Crippen molar-refractivity contribution in [1.82, 2.24) is 29.9 Å². The zero-order valence-electron chi connectivity index (χ0n) is 15.5. The molecular formula is C22H17ClN6. The van der Waals surface area contributed by atoms with Gasteiger partial charge < -0.3 is 4.57 Å². The van der Waals surface area contributed by atoms with E-state index in [0.29, 0.717) is 10.8 Å². The molecule has 0 atom stereocenters. The Morgan fingerprint density at radius 3 is 2.76 bits per heavy atom. The fourth-order valence-corrected chi connectivity index (χ4v) is 3.68. The molecule has 29 heavy (non-hydrogen) atoms. The highest BCUT2D eigenvalue weighted by Crippen LogP contribution is 2.26. The van der Waals surface area contributed by atoms with Crippen LogP contribution in [0.2, 0.25) is 5.15 Å². The molecule has 0 radical (unpaired) electrons. The number of hydrogen-bond acceptors (Lipinski definition) is 4. The lowest BCUT2D eigenvalue weighted by molar-refractivity contribution is 0.698. The number of benzene rings is 2. The van der Waals surface area contributed by atoms with Crippen molar-refractivity contribution in [3.8, 4) is 22.6 Å². The van der Waals surface area contributed by atoms with Crippen LogP contribution in [-0.4, -0.2) is 29.9 Å². The van der Waals surface area contributed by atoms with Crippen LogP contribution in [0.3, 0.4) is 0 Å². The quantitative estimate of drug-likeness (QED) is 0.460. The molecule has 0 saturated carbocycles. The lowest BCUT2D eigenvalue weighted by atomic mass is 10.0. The summed E-state index contributed by atoms with van der Waals surface area (Å²) in [6.07, 6.45) is 6.52. The highest BCUT2D eigenvalue weighted by molar-refractivity contribution is 6.31. The third-order valence-corrected chi connectivity index (χ3v) is 5.22. The number of fused-ring (bicyclic) bond motifs is 1. The fourth-order valence-electron chi connectivity index (χ4n) is 3.49. The number of aromatic nitrogens is 6. The minimum absolute atomic E-state index is 0.405. The number of halogens is 1. The molecule has 5 rings (SSSR count). The molecule has 2 aromatic carbocycles. The van der Waals surface area contributed by atoms with Crippen LogP contribution in [-0.2, 0) is 13.0 Å². The molecule has 7 heteroatoms. The van der Waals surface area contributed by atoms with Crippen LogP contribution in [0, 0.1) is 0 Å². The summed E-state index contributed by atoms with van der Waals surface area (Å²) in [5.41, 5.74) is 4.36. The van der Waals surface area contributed by atoms with Gasteiger partial charge in [-0.25, -0.2) is 10.1 Å². The zero-order chi connectivity index (χ0) is 19.6. The van der Waals surface area contributed by atoms with Crippen molar-refractivity contribution in [3.05, 3.63) is 84.0 Å². The molecular weight excluding hydrogens is 384 g/mol. The molecule has 0 bridgehead atoms. The van der Waals surface area contributed by atoms with Gasteiger partial charge in [-0.3, -0.25) is 4.98 Å². The van der Waals surface area contributed by atoms with Gasteiger partial charge in [-0.15, -0.1) is 5.10 Å². The van der Waals surface area contributed by atoms with Crippen LogP contribution in [0.5, 0.6) is 0 Å². The predicted octanol–water partition coefficient (Wildman–Crippen LogP) is 4.78. The summed E-state index contributed by atoms with van der Waals surface area (Å²) in [4.78, 5) is 8.97. The molecule has 3 aromatic heterocycles. The second-order valence-electron chi connectivity index (χ2n) is 6.79. The molecule has 1 N–H and O–H groups in total. The fraction of sp³-hybridized carbons (Fsp3) is 0.0909. The van der Waals surface area contributed by atoms with E-state index in [4.69, 9.17) is 11.6 Å². The zero-order valence-corrected chi connectivity index (χ0v) is 16.2. The first-order valence-corrected chi connectivity index (χ1v) is 9.67. The lowest BCUT2D eigenvalue weighted by Gasteiger charge is -2.07. The number of imidazole rings is 1. The average molecular weight is 401 g/mol. The lowest BCUT2D eigenvalue weighted by Crippen LogP contribution is -1.99. The van der Waals surface area contributed by atoms with Gasteiger partial charge >= 0.3 is 0 Å². The van der Waals surface area contributed by atoms with E-state index in [2.05, 4.69) is 72.4 Å². The van der Waals surface area contributed by atoms with Gasteiger partial charge in [0.05, 0.1) is 12.0 Å². The molecule has 0 saturated heterocycles. The van der Waals surface area contributed by atoms with Crippen LogP contribution in [0.4, 0.5) is 0 Å². The van der Waals surface area contributed by atoms with Crippen LogP contribution in [0.25, 0.3) is 33.4 Å². The van der Waals surface area contributed by atoms with Crippen molar-refractivity contribution >= 4 is 22.4 Å². The second-order valence-corrected chi connectivity index (χ2v) is 7.17. The van der Waals surface area contributed by atoms with Crippen molar-refractivity contribution < 1.29 is 0 Å². The minimum atomic E-state index is 0.405. The molecule has 5 aromatic rings. The Kier molecular flexibility index (Phi) is 4.54. The summed E-state index contributed by atoms with van der Waals surface area (Å²) in [6.45, 7) is 0.843. The van der Waals surface area contributed by atoms with Gasteiger partial charge in [-0.2, -0.15) is 0 Å². The number of nitrogens with zero attached hydrogens (tertiary/aromatic N) is 5. The van der Waals surface area contributed by atoms with E-state index < -0.39 is 0 Å². The maximum atomic E-state index is 6.10. The van der Waals surface area contributed by atoms with Crippen LogP contribution < -0.4 is 0 Å². The summed E-state index contributed by atoms with van der Waals surface area (Å²) in [7, 11) is 0. The highest BCUT2D eigenvalue weighted by atomic mass is 35.5. The van der Waals surface area contributed by atoms with E-state index in [1.54, 1.807) is 6.20 Å². The van der Waals surface area contributed by atoms with Crippen molar-refractivity contribution in [2.24, 2.45) is 0 Å². The Morgan fingerprint density at radius 2 is 1.86 bits per heavy atom.